The number of carbonyl (C=O) groups excluding carboxylic acids is 1. The fourth-order valence-electron chi connectivity index (χ4n) is 1.66. The lowest BCUT2D eigenvalue weighted by molar-refractivity contribution is -0.120. The molecule has 0 aliphatic heterocycles. The molecule has 16 heavy (non-hydrogen) atoms. The zero-order valence-corrected chi connectivity index (χ0v) is 9.78. The summed E-state index contributed by atoms with van der Waals surface area (Å²) in [5.41, 5.74) is 6.57. The normalized spacial score (nSPS) is 12.3. The largest absolute Gasteiger partial charge is 0.368 e. The van der Waals surface area contributed by atoms with E-state index in [4.69, 9.17) is 5.73 Å². The number of nitrogens with one attached hydrogen (secondary N) is 1. The summed E-state index contributed by atoms with van der Waals surface area (Å²) in [4.78, 5) is 11.0. The highest BCUT2D eigenvalue weighted by molar-refractivity contribution is 5.79. The third-order valence-corrected chi connectivity index (χ3v) is 2.63. The van der Waals surface area contributed by atoms with Gasteiger partial charge < -0.3 is 11.1 Å². The van der Waals surface area contributed by atoms with Gasteiger partial charge in [-0.25, -0.2) is 0 Å². The average Bonchev–Trinajstić information content (AvgIpc) is 2.30. The van der Waals surface area contributed by atoms with Crippen LogP contribution in [0.15, 0.2) is 30.3 Å². The lowest BCUT2D eigenvalue weighted by atomic mass is 10.1. The van der Waals surface area contributed by atoms with E-state index in [-0.39, 0.29) is 11.9 Å². The summed E-state index contributed by atoms with van der Waals surface area (Å²) in [5.74, 6) is -0.262. The van der Waals surface area contributed by atoms with Crippen LogP contribution in [-0.2, 0) is 11.2 Å². The molecule has 0 saturated carbocycles. The van der Waals surface area contributed by atoms with Gasteiger partial charge in [-0.3, -0.25) is 4.79 Å². The molecule has 0 radical (unpaired) electrons. The second kappa shape index (κ2) is 7.01. The van der Waals surface area contributed by atoms with Crippen molar-refractivity contribution in [3.05, 3.63) is 35.9 Å². The maximum atomic E-state index is 11.0. The van der Waals surface area contributed by atoms with Crippen molar-refractivity contribution in [1.29, 1.82) is 0 Å². The molecule has 0 spiro atoms. The highest BCUT2D eigenvalue weighted by Gasteiger charge is 2.10. The fourth-order valence-corrected chi connectivity index (χ4v) is 1.66. The number of nitrogens with two attached hydrogens (primary N) is 1. The van der Waals surface area contributed by atoms with E-state index in [1.54, 1.807) is 0 Å². The van der Waals surface area contributed by atoms with Crippen LogP contribution in [0.1, 0.15) is 25.3 Å². The standard InChI is InChI=1S/C13H20N2O/c1-2-12(13(14)16)15-10-6-9-11-7-4-3-5-8-11/h3-5,7-8,12,15H,2,6,9-10H2,1H3,(H2,14,16). The van der Waals surface area contributed by atoms with E-state index in [2.05, 4.69) is 17.4 Å². The van der Waals surface area contributed by atoms with Gasteiger partial charge >= 0.3 is 0 Å². The Morgan fingerprint density at radius 1 is 1.38 bits per heavy atom. The SMILES string of the molecule is CCC(NCCCc1ccccc1)C(N)=O. The van der Waals surface area contributed by atoms with E-state index in [9.17, 15) is 4.79 Å². The topological polar surface area (TPSA) is 55.1 Å². The number of carbonyl (C=O) groups is 1. The van der Waals surface area contributed by atoms with Gasteiger partial charge in [-0.1, -0.05) is 37.3 Å². The molecule has 1 amide bonds. The van der Waals surface area contributed by atoms with Gasteiger partial charge in [0.1, 0.15) is 0 Å². The molecule has 0 aliphatic carbocycles. The number of amides is 1. The first-order valence-electron chi connectivity index (χ1n) is 5.80. The van der Waals surface area contributed by atoms with Crippen LogP contribution in [0.5, 0.6) is 0 Å². The van der Waals surface area contributed by atoms with Crippen LogP contribution in [0, 0.1) is 0 Å². The van der Waals surface area contributed by atoms with Crippen molar-refractivity contribution in [2.45, 2.75) is 32.2 Å². The highest BCUT2D eigenvalue weighted by Crippen LogP contribution is 2.01. The fraction of sp³-hybridized carbons (Fsp3) is 0.462. The van der Waals surface area contributed by atoms with Crippen LogP contribution in [-0.4, -0.2) is 18.5 Å². The molecule has 88 valence electrons. The predicted molar refractivity (Wildman–Crippen MR) is 66.0 cm³/mol. The molecule has 1 atom stereocenters. The molecule has 0 bridgehead atoms. The smallest absolute Gasteiger partial charge is 0.234 e. The number of rotatable bonds is 7. The van der Waals surface area contributed by atoms with Gasteiger partial charge in [-0.05, 0) is 31.4 Å². The first kappa shape index (κ1) is 12.7. The molecule has 1 aromatic carbocycles. The second-order valence-electron chi connectivity index (χ2n) is 3.91. The molecule has 0 saturated heterocycles. The summed E-state index contributed by atoms with van der Waals surface area (Å²) in [6.07, 6.45) is 2.80. The van der Waals surface area contributed by atoms with Gasteiger partial charge in [0.05, 0.1) is 6.04 Å². The first-order chi connectivity index (χ1) is 7.74. The average molecular weight is 220 g/mol. The van der Waals surface area contributed by atoms with Gasteiger partial charge in [-0.2, -0.15) is 0 Å². The van der Waals surface area contributed by atoms with Crippen LogP contribution >= 0.6 is 0 Å². The lowest BCUT2D eigenvalue weighted by Crippen LogP contribution is -2.41. The molecule has 1 unspecified atom stereocenters. The van der Waals surface area contributed by atoms with E-state index < -0.39 is 0 Å². The van der Waals surface area contributed by atoms with Gasteiger partial charge in [-0.15, -0.1) is 0 Å². The van der Waals surface area contributed by atoms with Gasteiger partial charge in [0, 0.05) is 0 Å². The summed E-state index contributed by atoms with van der Waals surface area (Å²) in [6, 6.07) is 10.1. The number of hydrogen-bond donors (Lipinski definition) is 2. The van der Waals surface area contributed by atoms with E-state index >= 15 is 0 Å². The summed E-state index contributed by atoms with van der Waals surface area (Å²) in [5, 5.41) is 3.16. The summed E-state index contributed by atoms with van der Waals surface area (Å²) < 4.78 is 0. The highest BCUT2D eigenvalue weighted by atomic mass is 16.1. The van der Waals surface area contributed by atoms with Crippen molar-refractivity contribution >= 4 is 5.91 Å². The predicted octanol–water partition coefficient (Wildman–Crippen LogP) is 1.47. The maximum absolute atomic E-state index is 11.0. The molecule has 3 N–H and O–H groups in total. The van der Waals surface area contributed by atoms with Crippen LogP contribution in [0.4, 0.5) is 0 Å². The van der Waals surface area contributed by atoms with Gasteiger partial charge in [0.25, 0.3) is 0 Å². The molecule has 3 heteroatoms. The summed E-state index contributed by atoms with van der Waals surface area (Å²) >= 11 is 0. The molecule has 0 aromatic heterocycles. The Kier molecular flexibility index (Phi) is 5.57. The van der Waals surface area contributed by atoms with Crippen molar-refractivity contribution in [2.24, 2.45) is 5.73 Å². The maximum Gasteiger partial charge on any atom is 0.234 e. The van der Waals surface area contributed by atoms with Crippen molar-refractivity contribution in [2.75, 3.05) is 6.54 Å². The van der Waals surface area contributed by atoms with Crippen molar-refractivity contribution in [3.63, 3.8) is 0 Å². The molecular formula is C13H20N2O. The van der Waals surface area contributed by atoms with Crippen molar-refractivity contribution in [3.8, 4) is 0 Å². The number of primary amides is 1. The van der Waals surface area contributed by atoms with E-state index in [0.717, 1.165) is 25.8 Å². The van der Waals surface area contributed by atoms with Gasteiger partial charge in [0.2, 0.25) is 5.91 Å². The zero-order chi connectivity index (χ0) is 11.8. The van der Waals surface area contributed by atoms with Crippen LogP contribution in [0.2, 0.25) is 0 Å². The minimum absolute atomic E-state index is 0.184. The van der Waals surface area contributed by atoms with E-state index in [1.807, 2.05) is 25.1 Å². The Balaban J connectivity index is 2.19. The van der Waals surface area contributed by atoms with Gasteiger partial charge in [0.15, 0.2) is 0 Å². The molecule has 0 fully saturated rings. The van der Waals surface area contributed by atoms with E-state index in [0.29, 0.717) is 0 Å². The molecule has 0 heterocycles. The minimum atomic E-state index is -0.262. The Labute approximate surface area is 97.0 Å². The Hall–Kier alpha value is -1.35. The number of hydrogen-bond acceptors (Lipinski definition) is 2. The third kappa shape index (κ3) is 4.45. The molecule has 0 aliphatic rings. The Morgan fingerprint density at radius 3 is 2.62 bits per heavy atom. The second-order valence-corrected chi connectivity index (χ2v) is 3.91. The Morgan fingerprint density at radius 2 is 2.06 bits per heavy atom. The van der Waals surface area contributed by atoms with Crippen LogP contribution in [0.25, 0.3) is 0 Å². The van der Waals surface area contributed by atoms with Crippen molar-refractivity contribution in [1.82, 2.24) is 5.32 Å². The summed E-state index contributed by atoms with van der Waals surface area (Å²) in [6.45, 7) is 2.79. The molecular weight excluding hydrogens is 200 g/mol. The lowest BCUT2D eigenvalue weighted by Gasteiger charge is -2.12. The van der Waals surface area contributed by atoms with Crippen LogP contribution in [0.3, 0.4) is 0 Å². The monoisotopic (exact) mass is 220 g/mol. The molecule has 1 rings (SSSR count). The number of benzene rings is 1. The quantitative estimate of drug-likeness (QED) is 0.684. The zero-order valence-electron chi connectivity index (χ0n) is 9.78. The van der Waals surface area contributed by atoms with Crippen molar-refractivity contribution < 1.29 is 4.79 Å². The third-order valence-electron chi connectivity index (χ3n) is 2.63. The minimum Gasteiger partial charge on any atom is -0.368 e. The molecule has 1 aromatic rings. The molecule has 3 nitrogen and oxygen atoms in total. The first-order valence-corrected chi connectivity index (χ1v) is 5.80. The number of aryl methyl sites for hydroxylation is 1. The van der Waals surface area contributed by atoms with E-state index in [1.165, 1.54) is 5.56 Å². The summed E-state index contributed by atoms with van der Waals surface area (Å²) in [7, 11) is 0. The Bertz CT molecular complexity index is 311. The van der Waals surface area contributed by atoms with Crippen LogP contribution < -0.4 is 11.1 Å².